The van der Waals surface area contributed by atoms with Crippen molar-refractivity contribution in [3.63, 3.8) is 0 Å². The Kier molecular flexibility index (Phi) is 2.37. The summed E-state index contributed by atoms with van der Waals surface area (Å²) in [6, 6.07) is 6.38. The van der Waals surface area contributed by atoms with Gasteiger partial charge in [0.2, 0.25) is 0 Å². The molecule has 1 aliphatic carbocycles. The zero-order valence-electron chi connectivity index (χ0n) is 9.55. The summed E-state index contributed by atoms with van der Waals surface area (Å²) in [5.74, 6) is 0. The van der Waals surface area contributed by atoms with Crippen LogP contribution in [0.25, 0.3) is 11.3 Å². The molecule has 2 aromatic rings. The highest BCUT2D eigenvalue weighted by Gasteiger charge is 2.14. The molecule has 17 heavy (non-hydrogen) atoms. The Hall–Kier alpha value is -1.81. The van der Waals surface area contributed by atoms with Crippen LogP contribution in [0, 0.1) is 0 Å². The van der Waals surface area contributed by atoms with Gasteiger partial charge in [0.1, 0.15) is 0 Å². The molecule has 1 heterocycles. The second-order valence-corrected chi connectivity index (χ2v) is 4.47. The first-order chi connectivity index (χ1) is 8.29. The maximum Gasteiger partial charge on any atom is 0.269 e. The zero-order valence-corrected chi connectivity index (χ0v) is 9.55. The molecule has 1 aromatic heterocycles. The molecular formula is C13H15N3O. The monoisotopic (exact) mass is 229 g/mol. The summed E-state index contributed by atoms with van der Waals surface area (Å²) in [4.78, 5) is 11.5. The molecular weight excluding hydrogens is 214 g/mol. The number of H-pyrrole nitrogens is 2. The lowest BCUT2D eigenvalue weighted by Gasteiger charge is -2.04. The molecule has 0 saturated heterocycles. The largest absolute Gasteiger partial charge is 0.326 e. The summed E-state index contributed by atoms with van der Waals surface area (Å²) < 4.78 is 0. The Bertz CT molecular complexity index is 609. The van der Waals surface area contributed by atoms with Gasteiger partial charge in [-0.1, -0.05) is 12.1 Å². The molecule has 1 aromatic carbocycles. The molecule has 0 radical (unpaired) electrons. The molecule has 0 amide bonds. The lowest BCUT2D eigenvalue weighted by atomic mass is 10.0. The summed E-state index contributed by atoms with van der Waals surface area (Å²) in [6.07, 6.45) is 3.53. The van der Waals surface area contributed by atoms with Gasteiger partial charge in [0.05, 0.1) is 11.3 Å². The van der Waals surface area contributed by atoms with Crippen LogP contribution in [-0.4, -0.2) is 10.2 Å². The van der Waals surface area contributed by atoms with Crippen LogP contribution in [0.5, 0.6) is 0 Å². The lowest BCUT2D eigenvalue weighted by Crippen LogP contribution is -2.10. The third-order valence-electron chi connectivity index (χ3n) is 3.47. The Balaban J connectivity index is 2.12. The summed E-state index contributed by atoms with van der Waals surface area (Å²) in [5, 5.41) is 5.51. The van der Waals surface area contributed by atoms with Crippen molar-refractivity contribution in [2.24, 2.45) is 5.73 Å². The van der Waals surface area contributed by atoms with Crippen LogP contribution >= 0.6 is 0 Å². The number of aromatic amines is 2. The Morgan fingerprint density at radius 1 is 1.18 bits per heavy atom. The number of fused-ring (bicyclic) bond motifs is 1. The van der Waals surface area contributed by atoms with E-state index in [-0.39, 0.29) is 12.1 Å². The predicted octanol–water partition coefficient (Wildman–Crippen LogP) is 1.32. The lowest BCUT2D eigenvalue weighted by molar-refractivity contribution is 0.912. The SMILES string of the molecule is NCc1c(-c2ccc3c(c2)CCC3)[nH][nH]c1=O. The topological polar surface area (TPSA) is 74.7 Å². The summed E-state index contributed by atoms with van der Waals surface area (Å²) in [6.45, 7) is 0.255. The van der Waals surface area contributed by atoms with Crippen molar-refractivity contribution in [2.45, 2.75) is 25.8 Å². The molecule has 0 spiro atoms. The van der Waals surface area contributed by atoms with E-state index in [0.29, 0.717) is 5.56 Å². The number of nitrogens with two attached hydrogens (primary N) is 1. The second-order valence-electron chi connectivity index (χ2n) is 4.47. The average Bonchev–Trinajstić information content (AvgIpc) is 2.93. The number of nitrogens with one attached hydrogen (secondary N) is 2. The van der Waals surface area contributed by atoms with E-state index >= 15 is 0 Å². The molecule has 4 heteroatoms. The van der Waals surface area contributed by atoms with Crippen LogP contribution in [-0.2, 0) is 19.4 Å². The molecule has 0 fully saturated rings. The molecule has 3 rings (SSSR count). The van der Waals surface area contributed by atoms with E-state index in [1.54, 1.807) is 0 Å². The minimum atomic E-state index is -0.122. The molecule has 0 atom stereocenters. The number of aryl methyl sites for hydroxylation is 2. The van der Waals surface area contributed by atoms with Crippen molar-refractivity contribution >= 4 is 0 Å². The van der Waals surface area contributed by atoms with E-state index in [1.165, 1.54) is 24.0 Å². The summed E-state index contributed by atoms with van der Waals surface area (Å²) >= 11 is 0. The first-order valence-corrected chi connectivity index (χ1v) is 5.91. The van der Waals surface area contributed by atoms with Gasteiger partial charge in [-0.2, -0.15) is 0 Å². The van der Waals surface area contributed by atoms with Crippen molar-refractivity contribution in [3.8, 4) is 11.3 Å². The van der Waals surface area contributed by atoms with Gasteiger partial charge < -0.3 is 5.73 Å². The fourth-order valence-corrected chi connectivity index (χ4v) is 2.55. The fraction of sp³-hybridized carbons (Fsp3) is 0.308. The smallest absolute Gasteiger partial charge is 0.269 e. The van der Waals surface area contributed by atoms with Crippen molar-refractivity contribution < 1.29 is 0 Å². The van der Waals surface area contributed by atoms with Crippen molar-refractivity contribution in [1.29, 1.82) is 0 Å². The molecule has 1 aliphatic rings. The minimum Gasteiger partial charge on any atom is -0.326 e. The first-order valence-electron chi connectivity index (χ1n) is 5.91. The molecule has 4 N–H and O–H groups in total. The summed E-state index contributed by atoms with van der Waals surface area (Å²) in [5.41, 5.74) is 10.8. The van der Waals surface area contributed by atoms with Crippen LogP contribution < -0.4 is 11.3 Å². The summed E-state index contributed by atoms with van der Waals surface area (Å²) in [7, 11) is 0. The van der Waals surface area contributed by atoms with Gasteiger partial charge in [0.25, 0.3) is 5.56 Å². The van der Waals surface area contributed by atoms with Crippen LogP contribution in [0.1, 0.15) is 23.1 Å². The van der Waals surface area contributed by atoms with Gasteiger partial charge in [0.15, 0.2) is 0 Å². The number of aromatic nitrogens is 2. The highest BCUT2D eigenvalue weighted by atomic mass is 16.1. The van der Waals surface area contributed by atoms with Crippen molar-refractivity contribution in [3.05, 3.63) is 45.2 Å². The predicted molar refractivity (Wildman–Crippen MR) is 66.8 cm³/mol. The third kappa shape index (κ3) is 1.61. The van der Waals surface area contributed by atoms with Gasteiger partial charge in [-0.15, -0.1) is 0 Å². The normalized spacial score (nSPS) is 13.9. The van der Waals surface area contributed by atoms with Crippen LogP contribution in [0.3, 0.4) is 0 Å². The molecule has 0 bridgehead atoms. The minimum absolute atomic E-state index is 0.122. The van der Waals surface area contributed by atoms with E-state index in [0.717, 1.165) is 17.7 Å². The van der Waals surface area contributed by atoms with Crippen molar-refractivity contribution in [1.82, 2.24) is 10.2 Å². The van der Waals surface area contributed by atoms with Gasteiger partial charge in [0, 0.05) is 12.1 Å². The quantitative estimate of drug-likeness (QED) is 0.726. The van der Waals surface area contributed by atoms with Crippen LogP contribution in [0.4, 0.5) is 0 Å². The fourth-order valence-electron chi connectivity index (χ4n) is 2.55. The number of hydrogen-bond acceptors (Lipinski definition) is 2. The molecule has 0 aliphatic heterocycles. The van der Waals surface area contributed by atoms with Gasteiger partial charge in [-0.05, 0) is 36.5 Å². The molecule has 4 nitrogen and oxygen atoms in total. The average molecular weight is 229 g/mol. The number of rotatable bonds is 2. The Labute approximate surface area is 98.8 Å². The molecule has 0 unspecified atom stereocenters. The highest BCUT2D eigenvalue weighted by Crippen LogP contribution is 2.27. The first kappa shape index (κ1) is 10.4. The van der Waals surface area contributed by atoms with E-state index in [2.05, 4.69) is 28.4 Å². The van der Waals surface area contributed by atoms with Gasteiger partial charge >= 0.3 is 0 Å². The molecule has 0 saturated carbocycles. The maximum absolute atomic E-state index is 11.5. The Morgan fingerprint density at radius 2 is 2.00 bits per heavy atom. The number of benzene rings is 1. The standard InChI is InChI=1S/C13H15N3O/c14-7-11-12(15-16-13(11)17)10-5-4-8-2-1-3-9(8)6-10/h4-6H,1-3,7,14H2,(H2,15,16,17). The molecule has 88 valence electrons. The maximum atomic E-state index is 11.5. The van der Waals surface area contributed by atoms with E-state index in [9.17, 15) is 4.79 Å². The van der Waals surface area contributed by atoms with Crippen molar-refractivity contribution in [2.75, 3.05) is 0 Å². The van der Waals surface area contributed by atoms with E-state index in [1.807, 2.05) is 0 Å². The van der Waals surface area contributed by atoms with Gasteiger partial charge in [-0.3, -0.25) is 15.0 Å². The number of hydrogen-bond donors (Lipinski definition) is 3. The van der Waals surface area contributed by atoms with E-state index < -0.39 is 0 Å². The highest BCUT2D eigenvalue weighted by molar-refractivity contribution is 5.64. The van der Waals surface area contributed by atoms with Crippen LogP contribution in [0.2, 0.25) is 0 Å². The zero-order chi connectivity index (χ0) is 11.8. The Morgan fingerprint density at radius 3 is 2.82 bits per heavy atom. The van der Waals surface area contributed by atoms with E-state index in [4.69, 9.17) is 5.73 Å². The third-order valence-corrected chi connectivity index (χ3v) is 3.47. The second kappa shape index (κ2) is 3.89. The van der Waals surface area contributed by atoms with Gasteiger partial charge in [-0.25, -0.2) is 0 Å². The van der Waals surface area contributed by atoms with Crippen LogP contribution in [0.15, 0.2) is 23.0 Å².